The fraction of sp³-hybridized carbons (Fsp3) is 0.667. The Labute approximate surface area is 210 Å². The van der Waals surface area contributed by atoms with Crippen LogP contribution in [0, 0.1) is 16.7 Å². The highest BCUT2D eigenvalue weighted by atomic mass is 16.7. The van der Waals surface area contributed by atoms with Crippen LogP contribution >= 0.6 is 0 Å². The van der Waals surface area contributed by atoms with E-state index in [0.717, 1.165) is 12.5 Å². The first kappa shape index (κ1) is 25.2. The second-order valence-electron chi connectivity index (χ2n) is 11.0. The summed E-state index contributed by atoms with van der Waals surface area (Å²) < 4.78 is 29.9. The lowest BCUT2D eigenvalue weighted by Crippen LogP contribution is -2.64. The fourth-order valence-corrected chi connectivity index (χ4v) is 6.73. The van der Waals surface area contributed by atoms with Crippen molar-refractivity contribution in [1.29, 1.82) is 0 Å². The van der Waals surface area contributed by atoms with E-state index in [-0.39, 0.29) is 25.7 Å². The van der Waals surface area contributed by atoms with E-state index in [4.69, 9.17) is 23.7 Å². The van der Waals surface area contributed by atoms with Crippen LogP contribution in [0.4, 0.5) is 0 Å². The number of esters is 3. The van der Waals surface area contributed by atoms with Gasteiger partial charge in [0.15, 0.2) is 0 Å². The largest absolute Gasteiger partial charge is 0.462 e. The maximum absolute atomic E-state index is 13.3. The van der Waals surface area contributed by atoms with Crippen LogP contribution in [0.5, 0.6) is 0 Å². The van der Waals surface area contributed by atoms with E-state index in [1.165, 1.54) is 23.8 Å². The summed E-state index contributed by atoms with van der Waals surface area (Å²) in [7, 11) is 0. The van der Waals surface area contributed by atoms with Crippen molar-refractivity contribution in [2.45, 2.75) is 76.5 Å². The highest BCUT2D eigenvalue weighted by molar-refractivity contribution is 5.87. The molecule has 1 unspecified atom stereocenters. The van der Waals surface area contributed by atoms with Gasteiger partial charge >= 0.3 is 17.9 Å². The zero-order valence-electron chi connectivity index (χ0n) is 20.9. The van der Waals surface area contributed by atoms with Gasteiger partial charge in [-0.05, 0) is 32.6 Å². The molecule has 3 aliphatic heterocycles. The van der Waals surface area contributed by atoms with Crippen LogP contribution in [0.3, 0.4) is 0 Å². The van der Waals surface area contributed by atoms with Gasteiger partial charge in [0.05, 0.1) is 12.7 Å². The second-order valence-corrected chi connectivity index (χ2v) is 11.0. The van der Waals surface area contributed by atoms with E-state index in [9.17, 15) is 19.5 Å². The second kappa shape index (κ2) is 9.11. The number of aliphatic hydroxyl groups excluding tert-OH is 1. The van der Waals surface area contributed by atoms with Gasteiger partial charge in [-0.3, -0.25) is 0 Å². The molecule has 196 valence electrons. The van der Waals surface area contributed by atoms with Crippen molar-refractivity contribution >= 4 is 17.9 Å². The molecule has 3 fully saturated rings. The highest BCUT2D eigenvalue weighted by Crippen LogP contribution is 2.71. The summed E-state index contributed by atoms with van der Waals surface area (Å²) in [6.45, 7) is 6.29. The predicted octanol–water partition coefficient (Wildman–Crippen LogP) is 2.17. The van der Waals surface area contributed by atoms with E-state index < -0.39 is 58.6 Å². The van der Waals surface area contributed by atoms with Gasteiger partial charge in [-0.1, -0.05) is 37.6 Å². The Balaban J connectivity index is 1.55. The van der Waals surface area contributed by atoms with Crippen molar-refractivity contribution < 1.29 is 43.2 Å². The molecule has 9 heteroatoms. The highest BCUT2D eigenvalue weighted by Gasteiger charge is 2.82. The van der Waals surface area contributed by atoms with Crippen LogP contribution in [0.25, 0.3) is 0 Å². The van der Waals surface area contributed by atoms with Crippen LogP contribution in [0.2, 0.25) is 0 Å². The molecule has 2 saturated heterocycles. The number of allylic oxidation sites excluding steroid dienone is 3. The van der Waals surface area contributed by atoms with Gasteiger partial charge in [0.1, 0.15) is 24.4 Å². The van der Waals surface area contributed by atoms with Gasteiger partial charge in [0.2, 0.25) is 6.10 Å². The maximum Gasteiger partial charge on any atom is 0.347 e. The molecule has 2 spiro atoms. The van der Waals surface area contributed by atoms with E-state index in [1.54, 1.807) is 6.92 Å². The monoisotopic (exact) mass is 502 g/mol. The Hall–Kier alpha value is -2.49. The normalized spacial score (nSPS) is 44.7. The summed E-state index contributed by atoms with van der Waals surface area (Å²) in [6, 6.07) is 0. The molecule has 3 bridgehead atoms. The number of fused-ring (bicyclic) bond motifs is 2. The Bertz CT molecular complexity index is 1020. The molecular formula is C27H34O9. The first-order chi connectivity index (χ1) is 17.2. The van der Waals surface area contributed by atoms with Crippen LogP contribution in [0.1, 0.15) is 46.5 Å². The minimum absolute atomic E-state index is 0.0465. The number of cyclic esters (lactones) is 2. The number of carbonyl (C=O) groups is 3. The van der Waals surface area contributed by atoms with E-state index in [0.29, 0.717) is 19.4 Å². The number of ether oxygens (including phenoxy) is 5. The van der Waals surface area contributed by atoms with E-state index >= 15 is 0 Å². The summed E-state index contributed by atoms with van der Waals surface area (Å²) in [5, 5.41) is 9.42. The van der Waals surface area contributed by atoms with Gasteiger partial charge in [-0.15, -0.1) is 0 Å². The van der Waals surface area contributed by atoms with Crippen molar-refractivity contribution in [2.75, 3.05) is 19.8 Å². The van der Waals surface area contributed by atoms with Crippen LogP contribution in [0.15, 0.2) is 36.0 Å². The van der Waals surface area contributed by atoms with Gasteiger partial charge in [-0.25, -0.2) is 14.4 Å². The number of rotatable bonds is 3. The molecule has 5 aliphatic rings. The number of hydrogen-bond acceptors (Lipinski definition) is 9. The summed E-state index contributed by atoms with van der Waals surface area (Å²) >= 11 is 0. The topological polar surface area (TPSA) is 121 Å². The molecule has 0 aromatic rings. The fourth-order valence-electron chi connectivity index (χ4n) is 6.73. The zero-order chi connectivity index (χ0) is 25.7. The lowest BCUT2D eigenvalue weighted by atomic mass is 9.52. The molecule has 0 aromatic carbocycles. The molecule has 8 atom stereocenters. The molecule has 0 radical (unpaired) electrons. The van der Waals surface area contributed by atoms with Crippen molar-refractivity contribution in [1.82, 2.24) is 0 Å². The predicted molar refractivity (Wildman–Crippen MR) is 125 cm³/mol. The van der Waals surface area contributed by atoms with Gasteiger partial charge in [0, 0.05) is 35.5 Å². The summed E-state index contributed by atoms with van der Waals surface area (Å²) in [5.74, 6) is -2.40. The Morgan fingerprint density at radius 1 is 1.11 bits per heavy atom. The SMILES string of the molecule is CC1=C[C@H]2O[C@@H]3[C@H]4C[C@](C)([C@]2(CC1)COC(=O)[C@H](C(C)CCO)OC(=O)/C=C/C=C\C(=O)O4)[C@]31CO1. The third kappa shape index (κ3) is 3.83. The van der Waals surface area contributed by atoms with Crippen LogP contribution in [-0.4, -0.2) is 72.9 Å². The minimum Gasteiger partial charge on any atom is -0.462 e. The Morgan fingerprint density at radius 2 is 1.81 bits per heavy atom. The van der Waals surface area contributed by atoms with E-state index in [2.05, 4.69) is 19.9 Å². The zero-order valence-corrected chi connectivity index (χ0v) is 20.9. The van der Waals surface area contributed by atoms with Gasteiger partial charge < -0.3 is 28.8 Å². The smallest absolute Gasteiger partial charge is 0.347 e. The average molecular weight is 503 g/mol. The number of epoxide rings is 1. The third-order valence-corrected chi connectivity index (χ3v) is 9.03. The lowest BCUT2D eigenvalue weighted by molar-refractivity contribution is -0.226. The molecule has 5 rings (SSSR count). The molecule has 2 aliphatic carbocycles. The molecule has 1 saturated carbocycles. The maximum atomic E-state index is 13.3. The Kier molecular flexibility index (Phi) is 6.37. The molecule has 3 heterocycles. The molecule has 36 heavy (non-hydrogen) atoms. The van der Waals surface area contributed by atoms with Crippen molar-refractivity contribution in [3.8, 4) is 0 Å². The molecule has 9 nitrogen and oxygen atoms in total. The van der Waals surface area contributed by atoms with E-state index in [1.807, 2.05) is 0 Å². The Morgan fingerprint density at radius 3 is 2.47 bits per heavy atom. The standard InChI is InChI=1S/C27H34O9/c1-16-8-10-26-14-32-24(31)22(17(2)9-11-28)36-21(30)7-5-4-6-20(29)34-18-13-25(26,3)27(15-33-27)23(18)35-19(26)12-16/h4-7,12,17-19,22-23,28H,8-11,13-15H2,1-3H3/b6-4-,7-5+/t17?,18-,19-,22+,23-,25-,26-,27+/m1/s1. The van der Waals surface area contributed by atoms with Crippen LogP contribution < -0.4 is 0 Å². The third-order valence-electron chi connectivity index (χ3n) is 9.03. The number of hydrogen-bond donors (Lipinski definition) is 1. The average Bonchev–Trinajstić information content (AvgIpc) is 3.60. The van der Waals surface area contributed by atoms with Crippen molar-refractivity contribution in [3.63, 3.8) is 0 Å². The first-order valence-electron chi connectivity index (χ1n) is 12.7. The summed E-state index contributed by atoms with van der Waals surface area (Å²) in [6.07, 6.45) is 7.03. The van der Waals surface area contributed by atoms with Crippen molar-refractivity contribution in [3.05, 3.63) is 36.0 Å². The first-order valence-corrected chi connectivity index (χ1v) is 12.7. The van der Waals surface area contributed by atoms with Gasteiger partial charge in [-0.2, -0.15) is 0 Å². The number of carbonyl (C=O) groups excluding carboxylic acids is 3. The summed E-state index contributed by atoms with van der Waals surface area (Å²) in [4.78, 5) is 38.3. The number of aliphatic hydroxyl groups is 1. The minimum atomic E-state index is -1.18. The molecule has 1 N–H and O–H groups in total. The summed E-state index contributed by atoms with van der Waals surface area (Å²) in [5.41, 5.74) is -0.528. The quantitative estimate of drug-likeness (QED) is 0.268. The molecular weight excluding hydrogens is 468 g/mol. The van der Waals surface area contributed by atoms with Crippen LogP contribution in [-0.2, 0) is 38.1 Å². The lowest BCUT2D eigenvalue weighted by Gasteiger charge is -2.57. The molecule has 0 amide bonds. The molecule has 0 aromatic heterocycles. The van der Waals surface area contributed by atoms with Crippen molar-refractivity contribution in [2.24, 2.45) is 16.7 Å². The van der Waals surface area contributed by atoms with Gasteiger partial charge in [0.25, 0.3) is 0 Å².